The van der Waals surface area contributed by atoms with Crippen LogP contribution in [0.1, 0.15) is 45.4 Å². The third kappa shape index (κ3) is 7.36. The molecular formula is C16H30N4O6. The molecule has 2 amide bonds. The fourth-order valence-corrected chi connectivity index (χ4v) is 2.71. The summed E-state index contributed by atoms with van der Waals surface area (Å²) in [5, 5.41) is 20.4. The van der Waals surface area contributed by atoms with Crippen LogP contribution in [0.3, 0.4) is 0 Å². The molecule has 0 aliphatic carbocycles. The second-order valence-electron chi connectivity index (χ2n) is 5.94. The van der Waals surface area contributed by atoms with Crippen molar-refractivity contribution in [3.63, 3.8) is 0 Å². The summed E-state index contributed by atoms with van der Waals surface area (Å²) >= 11 is 0. The molecule has 0 radical (unpaired) electrons. The average molecular weight is 374 g/mol. The molecule has 1 heterocycles. The second kappa shape index (κ2) is 12.2. The molecule has 3 unspecified atom stereocenters. The standard InChI is InChI=1S/C15H25N3O6.CH5N/c1-2-3-5-10(17-13(21)9(16)8-12(19)20)14(22)18-7-4-6-11(18)15(23)24;1-2/h9-11H,2-8,16H2,1H3,(H,17,21)(H,19,20)(H,23,24);2H2,1H3. The van der Waals surface area contributed by atoms with Gasteiger partial charge in [0.2, 0.25) is 11.8 Å². The minimum atomic E-state index is -1.26. The van der Waals surface area contributed by atoms with Crippen LogP contribution in [0.4, 0.5) is 0 Å². The summed E-state index contributed by atoms with van der Waals surface area (Å²) in [6.45, 7) is 2.25. The first-order chi connectivity index (χ1) is 12.3. The number of nitrogens with zero attached hydrogens (tertiary/aromatic N) is 1. The number of carboxylic acid groups (broad SMARTS) is 2. The van der Waals surface area contributed by atoms with E-state index in [0.717, 1.165) is 6.42 Å². The molecule has 0 bridgehead atoms. The molecule has 150 valence electrons. The van der Waals surface area contributed by atoms with Gasteiger partial charge in [-0.1, -0.05) is 19.8 Å². The van der Waals surface area contributed by atoms with Crippen LogP contribution in [0.15, 0.2) is 0 Å². The SMILES string of the molecule is CCCCC(NC(=O)C(N)CC(=O)O)C(=O)N1CCCC1C(=O)O.CN. The summed E-state index contributed by atoms with van der Waals surface area (Å²) in [6.07, 6.45) is 2.25. The van der Waals surface area contributed by atoms with E-state index in [-0.39, 0.29) is 0 Å². The topological polar surface area (TPSA) is 176 Å². The summed E-state index contributed by atoms with van der Waals surface area (Å²) in [5.41, 5.74) is 10.0. The maximum Gasteiger partial charge on any atom is 0.326 e. The molecule has 10 nitrogen and oxygen atoms in total. The number of nitrogens with one attached hydrogen (secondary N) is 1. The molecule has 3 atom stereocenters. The van der Waals surface area contributed by atoms with E-state index < -0.39 is 48.3 Å². The summed E-state index contributed by atoms with van der Waals surface area (Å²) in [7, 11) is 1.50. The van der Waals surface area contributed by atoms with Crippen LogP contribution in [-0.2, 0) is 19.2 Å². The van der Waals surface area contributed by atoms with Crippen molar-refractivity contribution in [1.29, 1.82) is 0 Å². The zero-order valence-corrected chi connectivity index (χ0v) is 15.3. The van der Waals surface area contributed by atoms with Gasteiger partial charge in [-0.15, -0.1) is 0 Å². The largest absolute Gasteiger partial charge is 0.481 e. The van der Waals surface area contributed by atoms with Crippen molar-refractivity contribution in [3.05, 3.63) is 0 Å². The van der Waals surface area contributed by atoms with Gasteiger partial charge in [0.05, 0.1) is 12.5 Å². The molecule has 1 fully saturated rings. The van der Waals surface area contributed by atoms with E-state index >= 15 is 0 Å². The van der Waals surface area contributed by atoms with Crippen LogP contribution in [0.25, 0.3) is 0 Å². The van der Waals surface area contributed by atoms with Gasteiger partial charge in [-0.25, -0.2) is 4.79 Å². The first-order valence-electron chi connectivity index (χ1n) is 8.66. The van der Waals surface area contributed by atoms with Crippen molar-refractivity contribution in [2.24, 2.45) is 11.5 Å². The van der Waals surface area contributed by atoms with Crippen molar-refractivity contribution in [2.45, 2.75) is 63.6 Å². The first-order valence-corrected chi connectivity index (χ1v) is 8.66. The Labute approximate surface area is 152 Å². The molecule has 0 spiro atoms. The lowest BCUT2D eigenvalue weighted by Crippen LogP contribution is -2.54. The van der Waals surface area contributed by atoms with E-state index in [2.05, 4.69) is 11.1 Å². The summed E-state index contributed by atoms with van der Waals surface area (Å²) in [4.78, 5) is 47.8. The average Bonchev–Trinajstić information content (AvgIpc) is 3.08. The molecular weight excluding hydrogens is 344 g/mol. The van der Waals surface area contributed by atoms with Crippen LogP contribution < -0.4 is 16.8 Å². The number of carboxylic acids is 2. The van der Waals surface area contributed by atoms with Crippen molar-refractivity contribution < 1.29 is 29.4 Å². The van der Waals surface area contributed by atoms with Gasteiger partial charge >= 0.3 is 11.9 Å². The molecule has 1 saturated heterocycles. The highest BCUT2D eigenvalue weighted by atomic mass is 16.4. The number of hydrogen-bond donors (Lipinski definition) is 5. The Balaban J connectivity index is 0.00000301. The second-order valence-corrected chi connectivity index (χ2v) is 5.94. The highest BCUT2D eigenvalue weighted by molar-refractivity contribution is 5.93. The smallest absolute Gasteiger partial charge is 0.326 e. The van der Waals surface area contributed by atoms with Crippen LogP contribution in [0.5, 0.6) is 0 Å². The quantitative estimate of drug-likeness (QED) is 0.345. The Morgan fingerprint density at radius 1 is 1.23 bits per heavy atom. The maximum absolute atomic E-state index is 12.6. The van der Waals surface area contributed by atoms with Gasteiger partial charge in [-0.3, -0.25) is 14.4 Å². The van der Waals surface area contributed by atoms with E-state index in [1.807, 2.05) is 6.92 Å². The highest BCUT2D eigenvalue weighted by Crippen LogP contribution is 2.19. The summed E-state index contributed by atoms with van der Waals surface area (Å²) < 4.78 is 0. The van der Waals surface area contributed by atoms with Gasteiger partial charge in [0.25, 0.3) is 0 Å². The molecule has 10 heteroatoms. The molecule has 0 aromatic rings. The normalized spacial score (nSPS) is 18.3. The molecule has 1 aliphatic rings. The van der Waals surface area contributed by atoms with E-state index in [0.29, 0.717) is 32.2 Å². The van der Waals surface area contributed by atoms with Crippen LogP contribution in [0.2, 0.25) is 0 Å². The number of aliphatic carboxylic acids is 2. The van der Waals surface area contributed by atoms with Crippen molar-refractivity contribution in [1.82, 2.24) is 10.2 Å². The first kappa shape index (κ1) is 23.8. The Hall–Kier alpha value is -2.20. The summed E-state index contributed by atoms with van der Waals surface area (Å²) in [5.74, 6) is -3.45. The Kier molecular flexibility index (Phi) is 11.2. The number of likely N-dealkylation sites (tertiary alicyclic amines) is 1. The number of carbonyl (C=O) groups excluding carboxylic acids is 2. The van der Waals surface area contributed by atoms with E-state index in [4.69, 9.17) is 10.8 Å². The maximum atomic E-state index is 12.6. The number of carbonyl (C=O) groups is 4. The number of unbranched alkanes of at least 4 members (excludes halogenated alkanes) is 1. The lowest BCUT2D eigenvalue weighted by atomic mass is 10.1. The Morgan fingerprint density at radius 2 is 1.85 bits per heavy atom. The number of hydrogen-bond acceptors (Lipinski definition) is 6. The molecule has 26 heavy (non-hydrogen) atoms. The zero-order valence-electron chi connectivity index (χ0n) is 15.3. The third-order valence-corrected chi connectivity index (χ3v) is 4.01. The minimum Gasteiger partial charge on any atom is -0.481 e. The highest BCUT2D eigenvalue weighted by Gasteiger charge is 2.37. The van der Waals surface area contributed by atoms with E-state index in [1.165, 1.54) is 11.9 Å². The van der Waals surface area contributed by atoms with Crippen molar-refractivity contribution in [3.8, 4) is 0 Å². The predicted octanol–water partition coefficient (Wildman–Crippen LogP) is -0.886. The fraction of sp³-hybridized carbons (Fsp3) is 0.750. The summed E-state index contributed by atoms with van der Waals surface area (Å²) in [6, 6.07) is -3.03. The molecule has 1 aliphatic heterocycles. The monoisotopic (exact) mass is 374 g/mol. The fourth-order valence-electron chi connectivity index (χ4n) is 2.71. The number of rotatable bonds is 9. The van der Waals surface area contributed by atoms with Crippen LogP contribution >= 0.6 is 0 Å². The minimum absolute atomic E-state index is 0.329. The molecule has 0 aromatic carbocycles. The van der Waals surface area contributed by atoms with E-state index in [9.17, 15) is 24.3 Å². The van der Waals surface area contributed by atoms with Gasteiger partial charge < -0.3 is 31.9 Å². The zero-order chi connectivity index (χ0) is 20.3. The van der Waals surface area contributed by atoms with Gasteiger partial charge in [0.15, 0.2) is 0 Å². The molecule has 0 saturated carbocycles. The molecule has 7 N–H and O–H groups in total. The Morgan fingerprint density at radius 3 is 2.35 bits per heavy atom. The predicted molar refractivity (Wildman–Crippen MR) is 94.2 cm³/mol. The molecule has 1 rings (SSSR count). The lowest BCUT2D eigenvalue weighted by molar-refractivity contribution is -0.149. The van der Waals surface area contributed by atoms with Crippen molar-refractivity contribution >= 4 is 23.8 Å². The van der Waals surface area contributed by atoms with E-state index in [1.54, 1.807) is 0 Å². The van der Waals surface area contributed by atoms with Gasteiger partial charge in [0, 0.05) is 6.54 Å². The lowest BCUT2D eigenvalue weighted by Gasteiger charge is -2.28. The van der Waals surface area contributed by atoms with Crippen LogP contribution in [-0.4, -0.2) is 70.6 Å². The van der Waals surface area contributed by atoms with Gasteiger partial charge in [-0.05, 0) is 26.3 Å². The van der Waals surface area contributed by atoms with Crippen LogP contribution in [0, 0.1) is 0 Å². The molecule has 0 aromatic heterocycles. The van der Waals surface area contributed by atoms with Crippen molar-refractivity contribution in [2.75, 3.05) is 13.6 Å². The van der Waals surface area contributed by atoms with Gasteiger partial charge in [-0.2, -0.15) is 0 Å². The Bertz CT molecular complexity index is 499. The number of nitrogens with two attached hydrogens (primary N) is 2. The third-order valence-electron chi connectivity index (χ3n) is 4.01. The number of amides is 2. The van der Waals surface area contributed by atoms with Gasteiger partial charge in [0.1, 0.15) is 12.1 Å².